The molecule has 9 heteroatoms. The van der Waals surface area contributed by atoms with Crippen molar-refractivity contribution < 1.29 is 23.2 Å². The molecule has 1 atom stereocenters. The van der Waals surface area contributed by atoms with E-state index in [1.165, 1.54) is 60.4 Å². The second-order valence-corrected chi connectivity index (χ2v) is 6.88. The number of halogens is 2. The average molecular weight is 412 g/mol. The van der Waals surface area contributed by atoms with E-state index in [-0.39, 0.29) is 13.0 Å². The summed E-state index contributed by atoms with van der Waals surface area (Å²) in [5.74, 6) is -2.25. The van der Waals surface area contributed by atoms with E-state index in [2.05, 4.69) is 5.32 Å². The van der Waals surface area contributed by atoms with Gasteiger partial charge >= 0.3 is 6.03 Å². The van der Waals surface area contributed by atoms with E-state index >= 15 is 0 Å². The van der Waals surface area contributed by atoms with Gasteiger partial charge in [-0.3, -0.25) is 14.5 Å². The number of nitrogens with zero attached hydrogens (tertiary/aromatic N) is 3. The molecule has 0 aliphatic carbocycles. The molecule has 2 aromatic rings. The summed E-state index contributed by atoms with van der Waals surface area (Å²) >= 11 is 0. The molecule has 2 aromatic carbocycles. The predicted molar refractivity (Wildman–Crippen MR) is 103 cm³/mol. The van der Waals surface area contributed by atoms with Gasteiger partial charge in [0, 0.05) is 12.2 Å². The fraction of sp³-hybridized carbons (Fsp3) is 0.238. The molecule has 154 valence electrons. The molecule has 0 aromatic heterocycles. The van der Waals surface area contributed by atoms with Gasteiger partial charge in [-0.05, 0) is 48.9 Å². The van der Waals surface area contributed by atoms with Crippen molar-refractivity contribution in [2.75, 3.05) is 18.0 Å². The van der Waals surface area contributed by atoms with Gasteiger partial charge in [0.05, 0.1) is 12.5 Å². The van der Waals surface area contributed by atoms with Crippen molar-refractivity contribution in [3.63, 3.8) is 0 Å². The molecule has 0 saturated carbocycles. The fourth-order valence-corrected chi connectivity index (χ4v) is 3.22. The molecule has 0 radical (unpaired) electrons. The summed E-state index contributed by atoms with van der Waals surface area (Å²) in [7, 11) is 0. The van der Waals surface area contributed by atoms with Crippen LogP contribution in [-0.2, 0) is 15.1 Å². The number of hydrogen-bond donors (Lipinski definition) is 1. The van der Waals surface area contributed by atoms with Gasteiger partial charge in [-0.15, -0.1) is 0 Å². The van der Waals surface area contributed by atoms with Gasteiger partial charge < -0.3 is 10.2 Å². The summed E-state index contributed by atoms with van der Waals surface area (Å²) < 4.78 is 26.4. The Labute approximate surface area is 171 Å². The van der Waals surface area contributed by atoms with Crippen LogP contribution >= 0.6 is 0 Å². The Morgan fingerprint density at radius 1 is 1.10 bits per heavy atom. The van der Waals surface area contributed by atoms with Gasteiger partial charge in [-0.1, -0.05) is 12.1 Å². The predicted octanol–water partition coefficient (Wildman–Crippen LogP) is 2.68. The van der Waals surface area contributed by atoms with E-state index < -0.39 is 41.6 Å². The first-order chi connectivity index (χ1) is 14.3. The van der Waals surface area contributed by atoms with Gasteiger partial charge in [0.15, 0.2) is 0 Å². The summed E-state index contributed by atoms with van der Waals surface area (Å²) in [6.45, 7) is 0.919. The number of amides is 4. The Hall–Kier alpha value is -3.80. The molecule has 1 saturated heterocycles. The van der Waals surface area contributed by atoms with Crippen molar-refractivity contribution >= 4 is 23.5 Å². The minimum atomic E-state index is -1.45. The van der Waals surface area contributed by atoms with Gasteiger partial charge in [0.25, 0.3) is 5.91 Å². The molecule has 1 aliphatic heterocycles. The lowest BCUT2D eigenvalue weighted by molar-refractivity contribution is -0.134. The Morgan fingerprint density at radius 3 is 2.23 bits per heavy atom. The second-order valence-electron chi connectivity index (χ2n) is 6.88. The fourth-order valence-electron chi connectivity index (χ4n) is 3.22. The monoisotopic (exact) mass is 412 g/mol. The van der Waals surface area contributed by atoms with E-state index in [9.17, 15) is 23.2 Å². The van der Waals surface area contributed by atoms with Crippen molar-refractivity contribution in [1.82, 2.24) is 10.2 Å². The van der Waals surface area contributed by atoms with Crippen LogP contribution in [-0.4, -0.2) is 35.8 Å². The molecular formula is C21H18F2N4O3. The number of imide groups is 1. The second kappa shape index (κ2) is 8.29. The van der Waals surface area contributed by atoms with Crippen LogP contribution in [0.25, 0.3) is 0 Å². The smallest absolute Gasteiger partial charge is 0.319 e. The van der Waals surface area contributed by atoms with Crippen molar-refractivity contribution in [2.45, 2.75) is 18.9 Å². The van der Waals surface area contributed by atoms with Crippen LogP contribution in [0.15, 0.2) is 48.5 Å². The molecule has 4 amide bonds. The van der Waals surface area contributed by atoms with E-state index in [0.29, 0.717) is 11.3 Å². The van der Waals surface area contributed by atoms with Gasteiger partial charge in [-0.2, -0.15) is 5.26 Å². The molecule has 3 rings (SSSR count). The zero-order valence-electron chi connectivity index (χ0n) is 16.1. The molecule has 7 nitrogen and oxygen atoms in total. The van der Waals surface area contributed by atoms with Crippen LogP contribution in [0.5, 0.6) is 0 Å². The van der Waals surface area contributed by atoms with E-state index in [0.717, 1.165) is 4.90 Å². The lowest BCUT2D eigenvalue weighted by atomic mass is 9.92. The first-order valence-electron chi connectivity index (χ1n) is 9.09. The first-order valence-corrected chi connectivity index (χ1v) is 9.09. The van der Waals surface area contributed by atoms with E-state index in [4.69, 9.17) is 5.26 Å². The third-order valence-corrected chi connectivity index (χ3v) is 4.88. The van der Waals surface area contributed by atoms with E-state index in [1.807, 2.05) is 6.07 Å². The molecule has 30 heavy (non-hydrogen) atoms. The number of carbonyl (C=O) groups is 3. The molecule has 1 aliphatic rings. The molecule has 1 heterocycles. The maximum atomic E-state index is 13.2. The number of rotatable bonds is 6. The number of nitrogens with one attached hydrogen (secondary N) is 1. The molecule has 0 bridgehead atoms. The molecule has 0 spiro atoms. The van der Waals surface area contributed by atoms with Crippen molar-refractivity contribution in [3.05, 3.63) is 65.7 Å². The number of urea groups is 1. The standard InChI is InChI=1S/C21H18F2N4O3/c1-21(14-3-5-15(22)6-4-14)19(29)27(20(30)25-21)13-18(28)26(12-2-11-24)17-9-7-16(23)8-10-17/h3-10H,2,12-13H2,1H3,(H,25,30). The maximum Gasteiger partial charge on any atom is 0.325 e. The minimum Gasteiger partial charge on any atom is -0.319 e. The normalized spacial score (nSPS) is 18.1. The average Bonchev–Trinajstić information content (AvgIpc) is 2.94. The molecule has 1 N–H and O–H groups in total. The highest BCUT2D eigenvalue weighted by atomic mass is 19.1. The van der Waals surface area contributed by atoms with Crippen LogP contribution in [0.2, 0.25) is 0 Å². The van der Waals surface area contributed by atoms with Gasteiger partial charge in [0.2, 0.25) is 5.91 Å². The van der Waals surface area contributed by atoms with Crippen LogP contribution < -0.4 is 10.2 Å². The number of anilines is 1. The van der Waals surface area contributed by atoms with E-state index in [1.54, 1.807) is 0 Å². The van der Waals surface area contributed by atoms with Crippen LogP contribution in [0, 0.1) is 23.0 Å². The molecular weight excluding hydrogens is 394 g/mol. The summed E-state index contributed by atoms with van der Waals surface area (Å²) in [6, 6.07) is 11.4. The Balaban J connectivity index is 1.82. The van der Waals surface area contributed by atoms with Crippen molar-refractivity contribution in [2.24, 2.45) is 0 Å². The zero-order valence-corrected chi connectivity index (χ0v) is 16.1. The molecule has 1 unspecified atom stereocenters. The Morgan fingerprint density at radius 2 is 1.67 bits per heavy atom. The number of hydrogen-bond acceptors (Lipinski definition) is 4. The topological polar surface area (TPSA) is 93.5 Å². The summed E-state index contributed by atoms with van der Waals surface area (Å²) in [4.78, 5) is 40.3. The lowest BCUT2D eigenvalue weighted by Gasteiger charge is -2.25. The lowest BCUT2D eigenvalue weighted by Crippen LogP contribution is -2.45. The van der Waals surface area contributed by atoms with Crippen molar-refractivity contribution in [1.29, 1.82) is 5.26 Å². The number of nitriles is 1. The number of benzene rings is 2. The summed E-state index contributed by atoms with van der Waals surface area (Å²) in [6.07, 6.45) is 0.0105. The largest absolute Gasteiger partial charge is 0.325 e. The quantitative estimate of drug-likeness (QED) is 0.739. The number of carbonyl (C=O) groups excluding carboxylic acids is 3. The zero-order chi connectivity index (χ0) is 21.9. The SMILES string of the molecule is CC1(c2ccc(F)cc2)NC(=O)N(CC(=O)N(CCC#N)c2ccc(F)cc2)C1=O. The highest BCUT2D eigenvalue weighted by Crippen LogP contribution is 2.29. The maximum absolute atomic E-state index is 13.2. The Kier molecular flexibility index (Phi) is 5.78. The third kappa shape index (κ3) is 3.98. The first kappa shape index (κ1) is 20.9. The van der Waals surface area contributed by atoms with Crippen LogP contribution in [0.4, 0.5) is 19.3 Å². The van der Waals surface area contributed by atoms with Gasteiger partial charge in [-0.25, -0.2) is 13.6 Å². The Bertz CT molecular complexity index is 1020. The van der Waals surface area contributed by atoms with Crippen LogP contribution in [0.1, 0.15) is 18.9 Å². The van der Waals surface area contributed by atoms with Crippen molar-refractivity contribution in [3.8, 4) is 6.07 Å². The minimum absolute atomic E-state index is 0.0105. The highest BCUT2D eigenvalue weighted by molar-refractivity contribution is 6.10. The van der Waals surface area contributed by atoms with Gasteiger partial charge in [0.1, 0.15) is 23.7 Å². The summed E-state index contributed by atoms with van der Waals surface area (Å²) in [5.41, 5.74) is -0.736. The highest BCUT2D eigenvalue weighted by Gasteiger charge is 2.49. The molecule has 1 fully saturated rings. The summed E-state index contributed by atoms with van der Waals surface area (Å²) in [5, 5.41) is 11.4. The van der Waals surface area contributed by atoms with Crippen LogP contribution in [0.3, 0.4) is 0 Å². The third-order valence-electron chi connectivity index (χ3n) is 4.88.